The highest BCUT2D eigenvalue weighted by Crippen LogP contribution is 2.19. The quantitative estimate of drug-likeness (QED) is 0.674. The van der Waals surface area contributed by atoms with E-state index < -0.39 is 10.0 Å². The summed E-state index contributed by atoms with van der Waals surface area (Å²) in [7, 11) is -3.31. The molecule has 1 saturated heterocycles. The molecule has 0 radical (unpaired) electrons. The van der Waals surface area contributed by atoms with Crippen molar-refractivity contribution in [3.8, 4) is 0 Å². The van der Waals surface area contributed by atoms with Gasteiger partial charge in [0, 0.05) is 19.1 Å². The van der Waals surface area contributed by atoms with Gasteiger partial charge in [-0.25, -0.2) is 13.1 Å². The van der Waals surface area contributed by atoms with E-state index >= 15 is 0 Å². The minimum absolute atomic E-state index is 0.0112. The molecule has 1 aliphatic heterocycles. The van der Waals surface area contributed by atoms with Crippen LogP contribution in [-0.2, 0) is 14.8 Å². The Kier molecular flexibility index (Phi) is 4.91. The van der Waals surface area contributed by atoms with Crippen molar-refractivity contribution >= 4 is 15.9 Å². The molecule has 0 saturated carbocycles. The van der Waals surface area contributed by atoms with Crippen molar-refractivity contribution < 1.29 is 13.2 Å². The van der Waals surface area contributed by atoms with E-state index in [1.165, 1.54) is 0 Å². The number of hydrogen-bond donors (Lipinski definition) is 2. The van der Waals surface area contributed by atoms with Gasteiger partial charge in [-0.1, -0.05) is 13.3 Å². The third-order valence-electron chi connectivity index (χ3n) is 2.99. The van der Waals surface area contributed by atoms with Gasteiger partial charge in [-0.05, 0) is 12.3 Å². The van der Waals surface area contributed by atoms with Crippen LogP contribution in [-0.4, -0.2) is 51.2 Å². The Morgan fingerprint density at radius 2 is 2.12 bits per heavy atom. The van der Waals surface area contributed by atoms with Crippen molar-refractivity contribution in [3.63, 3.8) is 0 Å². The Morgan fingerprint density at radius 1 is 1.47 bits per heavy atom. The molecular weight excluding hydrogens is 242 g/mol. The van der Waals surface area contributed by atoms with Crippen molar-refractivity contribution in [1.82, 2.24) is 9.62 Å². The normalized spacial score (nSPS) is 25.2. The van der Waals surface area contributed by atoms with Crippen molar-refractivity contribution in [2.75, 3.05) is 25.9 Å². The zero-order valence-corrected chi connectivity index (χ0v) is 11.2. The fraction of sp³-hybridized carbons (Fsp3) is 0.900. The average molecular weight is 263 g/mol. The molecule has 1 rings (SSSR count). The van der Waals surface area contributed by atoms with Gasteiger partial charge in [-0.15, -0.1) is 0 Å². The van der Waals surface area contributed by atoms with Gasteiger partial charge in [0.15, 0.2) is 0 Å². The number of sulfonamides is 1. The van der Waals surface area contributed by atoms with Crippen molar-refractivity contribution in [2.24, 2.45) is 11.7 Å². The van der Waals surface area contributed by atoms with Crippen molar-refractivity contribution in [2.45, 2.75) is 25.8 Å². The highest BCUT2D eigenvalue weighted by Gasteiger charge is 2.32. The fourth-order valence-electron chi connectivity index (χ4n) is 2.08. The number of nitrogens with one attached hydrogen (secondary N) is 1. The predicted molar refractivity (Wildman–Crippen MR) is 65.8 cm³/mol. The summed E-state index contributed by atoms with van der Waals surface area (Å²) in [4.78, 5) is 13.4. The van der Waals surface area contributed by atoms with Gasteiger partial charge in [-0.2, -0.15) is 0 Å². The molecule has 17 heavy (non-hydrogen) atoms. The highest BCUT2D eigenvalue weighted by molar-refractivity contribution is 7.88. The van der Waals surface area contributed by atoms with Crippen LogP contribution in [0.1, 0.15) is 19.8 Å². The second-order valence-electron chi connectivity index (χ2n) is 4.60. The zero-order chi connectivity index (χ0) is 13.1. The Labute approximate surface area is 103 Å². The third kappa shape index (κ3) is 4.61. The molecule has 1 aliphatic rings. The van der Waals surface area contributed by atoms with Gasteiger partial charge in [0.25, 0.3) is 0 Å². The molecule has 0 spiro atoms. The summed E-state index contributed by atoms with van der Waals surface area (Å²) < 4.78 is 24.0. The molecule has 0 unspecified atom stereocenters. The predicted octanol–water partition coefficient (Wildman–Crippen LogP) is -0.879. The van der Waals surface area contributed by atoms with Crippen LogP contribution in [0.4, 0.5) is 0 Å². The van der Waals surface area contributed by atoms with Gasteiger partial charge in [0.05, 0.1) is 12.8 Å². The lowest BCUT2D eigenvalue weighted by Crippen LogP contribution is -2.39. The van der Waals surface area contributed by atoms with Crippen LogP contribution in [0.2, 0.25) is 0 Å². The van der Waals surface area contributed by atoms with E-state index in [0.717, 1.165) is 19.1 Å². The molecule has 0 aromatic heterocycles. The fourth-order valence-corrected chi connectivity index (χ4v) is 2.47. The van der Waals surface area contributed by atoms with Gasteiger partial charge in [0.1, 0.15) is 0 Å². The molecule has 7 heteroatoms. The number of likely N-dealkylation sites (tertiary alicyclic amines) is 1. The molecule has 1 fully saturated rings. The second-order valence-corrected chi connectivity index (χ2v) is 6.44. The summed E-state index contributed by atoms with van der Waals surface area (Å²) in [6, 6.07) is 0.0112. The maximum Gasteiger partial charge on any atom is 0.237 e. The minimum atomic E-state index is -3.31. The first kappa shape index (κ1) is 14.4. The van der Waals surface area contributed by atoms with Crippen LogP contribution < -0.4 is 10.5 Å². The first-order valence-corrected chi connectivity index (χ1v) is 7.70. The SMILES string of the molecule is CCC[C@H]1CN(C(=O)CNS(C)(=O)=O)C[C@@H]1N. The Morgan fingerprint density at radius 3 is 2.65 bits per heavy atom. The summed E-state index contributed by atoms with van der Waals surface area (Å²) in [5.74, 6) is 0.131. The lowest BCUT2D eigenvalue weighted by atomic mass is 9.99. The number of carbonyl (C=O) groups is 1. The summed E-state index contributed by atoms with van der Waals surface area (Å²) in [6.07, 6.45) is 3.09. The van der Waals surface area contributed by atoms with E-state index in [2.05, 4.69) is 11.6 Å². The summed E-state index contributed by atoms with van der Waals surface area (Å²) in [6.45, 7) is 3.07. The van der Waals surface area contributed by atoms with Gasteiger partial charge in [-0.3, -0.25) is 4.79 Å². The van der Waals surface area contributed by atoms with Crippen LogP contribution >= 0.6 is 0 Å². The topological polar surface area (TPSA) is 92.5 Å². The number of nitrogens with two attached hydrogens (primary N) is 1. The minimum Gasteiger partial charge on any atom is -0.340 e. The molecular formula is C10H21N3O3S. The largest absolute Gasteiger partial charge is 0.340 e. The van der Waals surface area contributed by atoms with E-state index in [1.807, 2.05) is 0 Å². The average Bonchev–Trinajstić information content (AvgIpc) is 2.57. The monoisotopic (exact) mass is 263 g/mol. The number of amides is 1. The van der Waals surface area contributed by atoms with Crippen molar-refractivity contribution in [3.05, 3.63) is 0 Å². The first-order valence-electron chi connectivity index (χ1n) is 5.81. The number of carbonyl (C=O) groups excluding carboxylic acids is 1. The lowest BCUT2D eigenvalue weighted by Gasteiger charge is -2.16. The summed E-state index contributed by atoms with van der Waals surface area (Å²) >= 11 is 0. The smallest absolute Gasteiger partial charge is 0.237 e. The van der Waals surface area contributed by atoms with Crippen molar-refractivity contribution in [1.29, 1.82) is 0 Å². The van der Waals surface area contributed by atoms with Crippen LogP contribution in [0.25, 0.3) is 0 Å². The van der Waals surface area contributed by atoms with Crippen LogP contribution in [0.15, 0.2) is 0 Å². The number of rotatable bonds is 5. The Balaban J connectivity index is 2.44. The Bertz CT molecular complexity index is 369. The first-order chi connectivity index (χ1) is 7.83. The molecule has 1 heterocycles. The van der Waals surface area contributed by atoms with E-state index in [4.69, 9.17) is 5.73 Å². The van der Waals surface area contributed by atoms with Crippen LogP contribution in [0.5, 0.6) is 0 Å². The summed E-state index contributed by atoms with van der Waals surface area (Å²) in [5.41, 5.74) is 5.94. The standard InChI is InChI=1S/C10H21N3O3S/c1-3-4-8-6-13(7-9(8)11)10(14)5-12-17(2,15)16/h8-9,12H,3-7,11H2,1-2H3/t8-,9-/m0/s1. The zero-order valence-electron chi connectivity index (χ0n) is 10.3. The highest BCUT2D eigenvalue weighted by atomic mass is 32.2. The Hall–Kier alpha value is -0.660. The third-order valence-corrected chi connectivity index (χ3v) is 3.66. The van der Waals surface area contributed by atoms with Gasteiger partial charge >= 0.3 is 0 Å². The lowest BCUT2D eigenvalue weighted by molar-refractivity contribution is -0.129. The molecule has 6 nitrogen and oxygen atoms in total. The van der Waals surface area contributed by atoms with Gasteiger partial charge < -0.3 is 10.6 Å². The molecule has 100 valence electrons. The van der Waals surface area contributed by atoms with E-state index in [9.17, 15) is 13.2 Å². The van der Waals surface area contributed by atoms with E-state index in [1.54, 1.807) is 4.90 Å². The molecule has 0 aromatic rings. The van der Waals surface area contributed by atoms with E-state index in [0.29, 0.717) is 19.0 Å². The number of nitrogens with zero attached hydrogens (tertiary/aromatic N) is 1. The maximum absolute atomic E-state index is 11.7. The van der Waals surface area contributed by atoms with Crippen LogP contribution in [0, 0.1) is 5.92 Å². The number of hydrogen-bond acceptors (Lipinski definition) is 4. The molecule has 0 aromatic carbocycles. The molecule has 0 aliphatic carbocycles. The van der Waals surface area contributed by atoms with Crippen LogP contribution in [0.3, 0.4) is 0 Å². The maximum atomic E-state index is 11.7. The second kappa shape index (κ2) is 5.79. The van der Waals surface area contributed by atoms with Gasteiger partial charge in [0.2, 0.25) is 15.9 Å². The summed E-state index contributed by atoms with van der Waals surface area (Å²) in [5, 5.41) is 0. The molecule has 0 bridgehead atoms. The molecule has 1 amide bonds. The van der Waals surface area contributed by atoms with E-state index in [-0.39, 0.29) is 18.5 Å². The molecule has 3 N–H and O–H groups in total. The molecule has 2 atom stereocenters.